The van der Waals surface area contributed by atoms with Crippen LogP contribution in [0.25, 0.3) is 0 Å². The number of amides is 1. The second kappa shape index (κ2) is 6.64. The van der Waals surface area contributed by atoms with Crippen molar-refractivity contribution in [1.82, 2.24) is 4.90 Å². The summed E-state index contributed by atoms with van der Waals surface area (Å²) in [4.78, 5) is 15.5. The van der Waals surface area contributed by atoms with Crippen LogP contribution in [0, 0.1) is 5.92 Å². The van der Waals surface area contributed by atoms with E-state index in [-0.39, 0.29) is 11.8 Å². The Morgan fingerprint density at radius 1 is 1.40 bits per heavy atom. The first-order valence-electron chi connectivity index (χ1n) is 7.22. The molecule has 1 N–H and O–H groups in total. The maximum atomic E-state index is 12.7. The van der Waals surface area contributed by atoms with Gasteiger partial charge < -0.3 is 10.0 Å². The topological polar surface area (TPSA) is 40.5 Å². The third-order valence-corrected chi connectivity index (χ3v) is 4.77. The van der Waals surface area contributed by atoms with Crippen molar-refractivity contribution in [2.45, 2.75) is 43.4 Å². The van der Waals surface area contributed by atoms with Gasteiger partial charge in [-0.1, -0.05) is 32.9 Å². The number of rotatable bonds is 3. The molecule has 0 bridgehead atoms. The smallest absolute Gasteiger partial charge is 0.255 e. The number of β-amino-alcohol motifs (C(OH)–C–C–N with tert-alkyl or cyclic N) is 1. The first kappa shape index (κ1) is 15.4. The second-order valence-corrected chi connectivity index (χ2v) is 7.37. The summed E-state index contributed by atoms with van der Waals surface area (Å²) < 4.78 is 0. The van der Waals surface area contributed by atoms with Gasteiger partial charge in [0.1, 0.15) is 0 Å². The molecule has 1 saturated heterocycles. The van der Waals surface area contributed by atoms with E-state index in [1.807, 2.05) is 31.2 Å². The number of hydrogen-bond acceptors (Lipinski definition) is 3. The molecular formula is C16H23NO2S. The van der Waals surface area contributed by atoms with Gasteiger partial charge in [-0.25, -0.2) is 0 Å². The Labute approximate surface area is 125 Å². The van der Waals surface area contributed by atoms with Crippen LogP contribution in [0.5, 0.6) is 0 Å². The summed E-state index contributed by atoms with van der Waals surface area (Å²) in [5, 5.41) is 10.4. The number of aliphatic hydroxyl groups is 1. The van der Waals surface area contributed by atoms with Gasteiger partial charge in [0.15, 0.2) is 0 Å². The molecule has 4 heteroatoms. The minimum atomic E-state index is -0.405. The molecule has 2 unspecified atom stereocenters. The molecule has 0 aromatic heterocycles. The van der Waals surface area contributed by atoms with Gasteiger partial charge in [0, 0.05) is 23.2 Å². The van der Waals surface area contributed by atoms with Crippen LogP contribution in [-0.4, -0.2) is 40.4 Å². The summed E-state index contributed by atoms with van der Waals surface area (Å²) in [5.41, 5.74) is 0.757. The molecule has 1 heterocycles. The van der Waals surface area contributed by atoms with E-state index in [9.17, 15) is 9.90 Å². The van der Waals surface area contributed by atoms with Crippen molar-refractivity contribution in [2.24, 2.45) is 5.92 Å². The van der Waals surface area contributed by atoms with Crippen molar-refractivity contribution in [3.05, 3.63) is 29.8 Å². The first-order valence-corrected chi connectivity index (χ1v) is 8.10. The van der Waals surface area contributed by atoms with Crippen LogP contribution in [0.2, 0.25) is 0 Å². The van der Waals surface area contributed by atoms with Crippen molar-refractivity contribution in [2.75, 3.05) is 13.1 Å². The van der Waals surface area contributed by atoms with E-state index in [0.717, 1.165) is 23.4 Å². The Morgan fingerprint density at radius 2 is 2.10 bits per heavy atom. The molecule has 2 atom stereocenters. The van der Waals surface area contributed by atoms with Gasteiger partial charge in [0.25, 0.3) is 5.91 Å². The molecule has 110 valence electrons. The summed E-state index contributed by atoms with van der Waals surface area (Å²) in [6.07, 6.45) is 0.462. The Hall–Kier alpha value is -1.00. The second-order valence-electron chi connectivity index (χ2n) is 5.75. The maximum Gasteiger partial charge on any atom is 0.255 e. The number of nitrogens with zero attached hydrogens (tertiary/aromatic N) is 1. The van der Waals surface area contributed by atoms with E-state index < -0.39 is 6.10 Å². The van der Waals surface area contributed by atoms with Gasteiger partial charge >= 0.3 is 0 Å². The zero-order chi connectivity index (χ0) is 14.7. The zero-order valence-corrected chi connectivity index (χ0v) is 13.2. The Morgan fingerprint density at radius 3 is 2.75 bits per heavy atom. The largest absolute Gasteiger partial charge is 0.391 e. The SMILES string of the molecule is CC(C)Sc1ccccc1C(=O)N1CCC(C)C(O)C1. The van der Waals surface area contributed by atoms with Crippen molar-refractivity contribution >= 4 is 17.7 Å². The number of carbonyl (C=O) groups is 1. The summed E-state index contributed by atoms with van der Waals surface area (Å²) in [6, 6.07) is 7.76. The van der Waals surface area contributed by atoms with E-state index in [2.05, 4.69) is 13.8 Å². The predicted molar refractivity (Wildman–Crippen MR) is 83.1 cm³/mol. The lowest BCUT2D eigenvalue weighted by atomic mass is 9.95. The molecule has 20 heavy (non-hydrogen) atoms. The zero-order valence-electron chi connectivity index (χ0n) is 12.4. The minimum absolute atomic E-state index is 0.0414. The molecular weight excluding hydrogens is 270 g/mol. The van der Waals surface area contributed by atoms with Crippen LogP contribution in [-0.2, 0) is 0 Å². The Kier molecular flexibility index (Phi) is 5.11. The van der Waals surface area contributed by atoms with Gasteiger partial charge in [-0.05, 0) is 24.5 Å². The number of benzene rings is 1. The fourth-order valence-corrected chi connectivity index (χ4v) is 3.35. The molecule has 2 rings (SSSR count). The molecule has 1 aliphatic rings. The quantitative estimate of drug-likeness (QED) is 0.871. The minimum Gasteiger partial charge on any atom is -0.391 e. The summed E-state index contributed by atoms with van der Waals surface area (Å²) in [7, 11) is 0. The number of piperidine rings is 1. The highest BCUT2D eigenvalue weighted by atomic mass is 32.2. The Bertz CT molecular complexity index is 475. The van der Waals surface area contributed by atoms with Crippen LogP contribution in [0.4, 0.5) is 0 Å². The van der Waals surface area contributed by atoms with Crippen LogP contribution in [0.15, 0.2) is 29.2 Å². The predicted octanol–water partition coefficient (Wildman–Crippen LogP) is 3.03. The van der Waals surface area contributed by atoms with E-state index in [0.29, 0.717) is 11.8 Å². The lowest BCUT2D eigenvalue weighted by molar-refractivity contribution is 0.0246. The first-order chi connectivity index (χ1) is 9.49. The van der Waals surface area contributed by atoms with Crippen molar-refractivity contribution < 1.29 is 9.90 Å². The van der Waals surface area contributed by atoms with Gasteiger partial charge in [0.05, 0.1) is 11.7 Å². The molecule has 1 aliphatic heterocycles. The average Bonchev–Trinajstić information content (AvgIpc) is 2.41. The fourth-order valence-electron chi connectivity index (χ4n) is 2.40. The number of aliphatic hydroxyl groups excluding tert-OH is 1. The number of likely N-dealkylation sites (tertiary alicyclic amines) is 1. The number of carbonyl (C=O) groups excluding carboxylic acids is 1. The van der Waals surface area contributed by atoms with Gasteiger partial charge in [-0.2, -0.15) is 0 Å². The summed E-state index contributed by atoms with van der Waals surface area (Å²) >= 11 is 1.71. The number of hydrogen-bond donors (Lipinski definition) is 1. The van der Waals surface area contributed by atoms with Crippen LogP contribution in [0.3, 0.4) is 0 Å². The van der Waals surface area contributed by atoms with E-state index in [1.54, 1.807) is 16.7 Å². The highest BCUT2D eigenvalue weighted by molar-refractivity contribution is 8.00. The fraction of sp³-hybridized carbons (Fsp3) is 0.562. The molecule has 0 spiro atoms. The number of thioether (sulfide) groups is 1. The highest BCUT2D eigenvalue weighted by Crippen LogP contribution is 2.28. The van der Waals surface area contributed by atoms with Crippen molar-refractivity contribution in [3.63, 3.8) is 0 Å². The molecule has 1 amide bonds. The maximum absolute atomic E-state index is 12.7. The Balaban J connectivity index is 2.17. The molecule has 1 aromatic rings. The van der Waals surface area contributed by atoms with E-state index in [4.69, 9.17) is 0 Å². The monoisotopic (exact) mass is 293 g/mol. The standard InChI is InChI=1S/C16H23NO2S/c1-11(2)20-15-7-5-4-6-13(15)16(19)17-9-8-12(3)14(18)10-17/h4-7,11-12,14,18H,8-10H2,1-3H3. The van der Waals surface area contributed by atoms with E-state index in [1.165, 1.54) is 0 Å². The van der Waals surface area contributed by atoms with Gasteiger partial charge in [0.2, 0.25) is 0 Å². The summed E-state index contributed by atoms with van der Waals surface area (Å²) in [6.45, 7) is 7.46. The molecule has 0 saturated carbocycles. The lowest BCUT2D eigenvalue weighted by Gasteiger charge is -2.34. The van der Waals surface area contributed by atoms with Gasteiger partial charge in [-0.3, -0.25) is 4.79 Å². The molecule has 1 aromatic carbocycles. The van der Waals surface area contributed by atoms with E-state index >= 15 is 0 Å². The highest BCUT2D eigenvalue weighted by Gasteiger charge is 2.28. The summed E-state index contributed by atoms with van der Waals surface area (Å²) in [5.74, 6) is 0.319. The van der Waals surface area contributed by atoms with Crippen LogP contribution >= 0.6 is 11.8 Å². The van der Waals surface area contributed by atoms with Crippen LogP contribution in [0.1, 0.15) is 37.6 Å². The molecule has 0 aliphatic carbocycles. The van der Waals surface area contributed by atoms with Gasteiger partial charge in [-0.15, -0.1) is 11.8 Å². The molecule has 3 nitrogen and oxygen atoms in total. The third kappa shape index (κ3) is 3.55. The molecule has 0 radical (unpaired) electrons. The lowest BCUT2D eigenvalue weighted by Crippen LogP contribution is -2.45. The van der Waals surface area contributed by atoms with Crippen LogP contribution < -0.4 is 0 Å². The van der Waals surface area contributed by atoms with Crippen molar-refractivity contribution in [3.8, 4) is 0 Å². The third-order valence-electron chi connectivity index (χ3n) is 3.69. The normalized spacial score (nSPS) is 23.1. The van der Waals surface area contributed by atoms with Crippen molar-refractivity contribution in [1.29, 1.82) is 0 Å². The molecule has 1 fully saturated rings. The average molecular weight is 293 g/mol.